The van der Waals surface area contributed by atoms with Gasteiger partial charge in [0, 0.05) is 0 Å². The molecule has 1 saturated heterocycles. The average Bonchev–Trinajstić information content (AvgIpc) is 3.46. The van der Waals surface area contributed by atoms with Crippen molar-refractivity contribution in [3.63, 3.8) is 0 Å². The van der Waals surface area contributed by atoms with E-state index in [9.17, 15) is 8.42 Å². The molecular weight excluding hydrogens is 456 g/mol. The van der Waals surface area contributed by atoms with Crippen LogP contribution < -0.4 is 0 Å². The Morgan fingerprint density at radius 3 is 2.44 bits per heavy atom. The zero-order valence-corrected chi connectivity index (χ0v) is 20.4. The fourth-order valence-corrected chi connectivity index (χ4v) is 5.41. The number of tetrazole rings is 1. The Hall–Kier alpha value is -2.66. The van der Waals surface area contributed by atoms with Crippen molar-refractivity contribution in [1.29, 1.82) is 0 Å². The zero-order chi connectivity index (χ0) is 24.2. The van der Waals surface area contributed by atoms with E-state index in [0.717, 1.165) is 5.56 Å². The molecular formula is C24H30N4O5S. The van der Waals surface area contributed by atoms with Gasteiger partial charge >= 0.3 is 0 Å². The summed E-state index contributed by atoms with van der Waals surface area (Å²) in [4.78, 5) is 0. The summed E-state index contributed by atoms with van der Waals surface area (Å²) in [7, 11) is -3.74. The number of benzene rings is 2. The number of aromatic nitrogens is 4. The minimum absolute atomic E-state index is 0.121. The van der Waals surface area contributed by atoms with E-state index in [0.29, 0.717) is 25.3 Å². The first-order valence-corrected chi connectivity index (χ1v) is 12.9. The predicted octanol–water partition coefficient (Wildman–Crippen LogP) is 3.20. The minimum atomic E-state index is -3.74. The molecule has 1 aromatic heterocycles. The van der Waals surface area contributed by atoms with Gasteiger partial charge in [0.1, 0.15) is 6.10 Å². The van der Waals surface area contributed by atoms with Crippen molar-refractivity contribution in [3.05, 3.63) is 66.2 Å². The molecule has 34 heavy (non-hydrogen) atoms. The van der Waals surface area contributed by atoms with E-state index >= 15 is 0 Å². The van der Waals surface area contributed by atoms with Crippen molar-refractivity contribution in [2.75, 3.05) is 12.4 Å². The minimum Gasteiger partial charge on any atom is -0.370 e. The summed E-state index contributed by atoms with van der Waals surface area (Å²) in [5, 5.41) is 11.1. The van der Waals surface area contributed by atoms with E-state index in [1.54, 1.807) is 24.3 Å². The maximum absolute atomic E-state index is 13.2. The Bertz CT molecular complexity index is 1170. The first-order chi connectivity index (χ1) is 16.3. The third-order valence-electron chi connectivity index (χ3n) is 5.80. The Kier molecular flexibility index (Phi) is 7.42. The van der Waals surface area contributed by atoms with Crippen LogP contribution in [0.5, 0.6) is 0 Å². The molecule has 0 aliphatic carbocycles. The van der Waals surface area contributed by atoms with Crippen molar-refractivity contribution in [2.24, 2.45) is 5.92 Å². The van der Waals surface area contributed by atoms with Crippen LogP contribution in [0.1, 0.15) is 32.8 Å². The van der Waals surface area contributed by atoms with Crippen molar-refractivity contribution in [3.8, 4) is 5.69 Å². The van der Waals surface area contributed by atoms with Crippen LogP contribution in [0.2, 0.25) is 0 Å². The molecule has 0 bridgehead atoms. The smallest absolute Gasteiger partial charge is 0.272 e. The molecule has 4 rings (SSSR count). The maximum Gasteiger partial charge on any atom is 0.272 e. The van der Waals surface area contributed by atoms with E-state index in [1.165, 1.54) is 4.68 Å². The molecule has 3 aromatic rings. The summed E-state index contributed by atoms with van der Waals surface area (Å²) in [5.41, 5.74) is 1.62. The third-order valence-corrected chi connectivity index (χ3v) is 7.39. The third kappa shape index (κ3) is 5.87. The van der Waals surface area contributed by atoms with Gasteiger partial charge in [-0.05, 0) is 54.3 Å². The van der Waals surface area contributed by atoms with Crippen LogP contribution in [0.25, 0.3) is 5.69 Å². The van der Waals surface area contributed by atoms with Crippen molar-refractivity contribution in [2.45, 2.75) is 57.0 Å². The van der Waals surface area contributed by atoms with Gasteiger partial charge in [-0.3, -0.25) is 0 Å². The van der Waals surface area contributed by atoms with Crippen LogP contribution in [0.3, 0.4) is 0 Å². The van der Waals surface area contributed by atoms with Gasteiger partial charge in [0.25, 0.3) is 5.16 Å². The normalized spacial score (nSPS) is 19.7. The molecule has 1 fully saturated rings. The van der Waals surface area contributed by atoms with E-state index in [1.807, 2.05) is 57.2 Å². The summed E-state index contributed by atoms with van der Waals surface area (Å²) in [5.74, 6) is -0.950. The second-order valence-corrected chi connectivity index (χ2v) is 10.9. The molecule has 10 heteroatoms. The first kappa shape index (κ1) is 24.5. The molecule has 1 aliphatic heterocycles. The lowest BCUT2D eigenvalue weighted by Crippen LogP contribution is -2.38. The number of hydrogen-bond donors (Lipinski definition) is 0. The lowest BCUT2D eigenvalue weighted by atomic mass is 9.97. The molecule has 1 aliphatic rings. The van der Waals surface area contributed by atoms with E-state index in [2.05, 4.69) is 15.5 Å². The number of rotatable bonds is 10. The number of nitrogens with zero attached hydrogens (tertiary/aromatic N) is 4. The molecule has 3 atom stereocenters. The molecule has 0 amide bonds. The largest absolute Gasteiger partial charge is 0.370 e. The lowest BCUT2D eigenvalue weighted by Gasteiger charge is -2.29. The Labute approximate surface area is 200 Å². The highest BCUT2D eigenvalue weighted by Gasteiger charge is 2.40. The van der Waals surface area contributed by atoms with Gasteiger partial charge in [-0.15, -0.1) is 0 Å². The fraction of sp³-hybridized carbons (Fsp3) is 0.458. The summed E-state index contributed by atoms with van der Waals surface area (Å²) in [6.07, 6.45) is -0.294. The van der Waals surface area contributed by atoms with Crippen molar-refractivity contribution >= 4 is 9.84 Å². The maximum atomic E-state index is 13.2. The van der Waals surface area contributed by atoms with Gasteiger partial charge in [-0.2, -0.15) is 4.68 Å². The van der Waals surface area contributed by atoms with Crippen LogP contribution in [0.4, 0.5) is 0 Å². The molecule has 182 valence electrons. The standard InChI is InChI=1S/C24H30N4O5S/c1-18(14-15-34(29,30)23-25-26-27-28(23)20-12-8-5-9-13-20)22(21-17-32-24(2,3)33-21)31-16-19-10-6-4-7-11-19/h4-13,18,21-22H,14-17H2,1-3H3/t18-,21-,22+/m0/s1. The predicted molar refractivity (Wildman–Crippen MR) is 125 cm³/mol. The Morgan fingerprint density at radius 2 is 1.79 bits per heavy atom. The molecule has 0 spiro atoms. The second-order valence-electron chi connectivity index (χ2n) is 8.92. The van der Waals surface area contributed by atoms with Gasteiger partial charge in [0.2, 0.25) is 9.84 Å². The van der Waals surface area contributed by atoms with E-state index in [4.69, 9.17) is 14.2 Å². The van der Waals surface area contributed by atoms with Crippen LogP contribution >= 0.6 is 0 Å². The molecule has 2 aromatic carbocycles. The van der Waals surface area contributed by atoms with Crippen molar-refractivity contribution in [1.82, 2.24) is 20.2 Å². The fourth-order valence-electron chi connectivity index (χ4n) is 3.98. The number of sulfone groups is 1. The zero-order valence-electron chi connectivity index (χ0n) is 19.6. The molecule has 2 heterocycles. The second kappa shape index (κ2) is 10.3. The van der Waals surface area contributed by atoms with Gasteiger partial charge in [0.05, 0.1) is 30.8 Å². The van der Waals surface area contributed by atoms with E-state index in [-0.39, 0.29) is 29.0 Å². The van der Waals surface area contributed by atoms with Gasteiger partial charge in [-0.25, -0.2) is 8.42 Å². The SMILES string of the molecule is C[C@@H](CCS(=O)(=O)c1nnnn1-c1ccccc1)[C@@H](OCc1ccccc1)[C@@H]1COC(C)(C)O1. The summed E-state index contributed by atoms with van der Waals surface area (Å²) < 4.78 is 45.7. The number of ether oxygens (including phenoxy) is 3. The molecule has 0 N–H and O–H groups in total. The highest BCUT2D eigenvalue weighted by atomic mass is 32.2. The summed E-state index contributed by atoms with van der Waals surface area (Å²) >= 11 is 0. The van der Waals surface area contributed by atoms with Gasteiger partial charge in [0.15, 0.2) is 5.79 Å². The Morgan fingerprint density at radius 1 is 1.12 bits per heavy atom. The molecule has 0 radical (unpaired) electrons. The lowest BCUT2D eigenvalue weighted by molar-refractivity contribution is -0.164. The van der Waals surface area contributed by atoms with Gasteiger partial charge in [-0.1, -0.05) is 60.6 Å². The molecule has 0 saturated carbocycles. The van der Waals surface area contributed by atoms with Gasteiger partial charge < -0.3 is 14.2 Å². The molecule has 0 unspecified atom stereocenters. The average molecular weight is 487 g/mol. The van der Waals surface area contributed by atoms with E-state index < -0.39 is 15.6 Å². The monoisotopic (exact) mass is 486 g/mol. The van der Waals surface area contributed by atoms with Crippen LogP contribution in [0, 0.1) is 5.92 Å². The molecule has 9 nitrogen and oxygen atoms in total. The quantitative estimate of drug-likeness (QED) is 0.430. The van der Waals surface area contributed by atoms with Crippen molar-refractivity contribution < 1.29 is 22.6 Å². The summed E-state index contributed by atoms with van der Waals surface area (Å²) in [6, 6.07) is 18.8. The van der Waals surface area contributed by atoms with Crippen LogP contribution in [-0.4, -0.2) is 59.0 Å². The number of hydrogen-bond acceptors (Lipinski definition) is 8. The number of para-hydroxylation sites is 1. The Balaban J connectivity index is 1.47. The highest BCUT2D eigenvalue weighted by molar-refractivity contribution is 7.91. The summed E-state index contributed by atoms with van der Waals surface area (Å²) in [6.45, 7) is 6.48. The van der Waals surface area contributed by atoms with Crippen LogP contribution in [0.15, 0.2) is 65.8 Å². The highest BCUT2D eigenvalue weighted by Crippen LogP contribution is 2.30. The topological polar surface area (TPSA) is 105 Å². The first-order valence-electron chi connectivity index (χ1n) is 11.3. The van der Waals surface area contributed by atoms with Crippen LogP contribution in [-0.2, 0) is 30.7 Å².